The summed E-state index contributed by atoms with van der Waals surface area (Å²) >= 11 is 0. The number of hydrogen-bond acceptors (Lipinski definition) is 3. The van der Waals surface area contributed by atoms with E-state index in [1.807, 2.05) is 18.2 Å². The number of rotatable bonds is 5. The Labute approximate surface area is 137 Å². The van der Waals surface area contributed by atoms with E-state index >= 15 is 0 Å². The third-order valence-electron chi connectivity index (χ3n) is 2.84. The van der Waals surface area contributed by atoms with Crippen molar-refractivity contribution < 1.29 is 19.4 Å². The maximum Gasteiger partial charge on any atom is 0.332 e. The summed E-state index contributed by atoms with van der Waals surface area (Å²) in [4.78, 5) is 20.9. The Morgan fingerprint density at radius 3 is 2.04 bits per heavy atom. The van der Waals surface area contributed by atoms with Gasteiger partial charge in [0.1, 0.15) is 0 Å². The fraction of sp³-hybridized carbons (Fsp3) is 0.158. The maximum absolute atomic E-state index is 10.7. The summed E-state index contributed by atoms with van der Waals surface area (Å²) < 4.78 is 4.27. The van der Waals surface area contributed by atoms with E-state index in [-0.39, 0.29) is 5.97 Å². The van der Waals surface area contributed by atoms with Gasteiger partial charge in [0, 0.05) is 11.1 Å². The van der Waals surface area contributed by atoms with E-state index < -0.39 is 5.97 Å². The lowest BCUT2D eigenvalue weighted by atomic mass is 9.99. The Morgan fingerprint density at radius 2 is 1.70 bits per heavy atom. The van der Waals surface area contributed by atoms with E-state index in [1.54, 1.807) is 32.1 Å². The van der Waals surface area contributed by atoms with E-state index in [0.29, 0.717) is 11.1 Å². The monoisotopic (exact) mass is 314 g/mol. The topological polar surface area (TPSA) is 63.6 Å². The molecular formula is C19H22O4. The van der Waals surface area contributed by atoms with Gasteiger partial charge < -0.3 is 9.84 Å². The Morgan fingerprint density at radius 1 is 1.13 bits per heavy atom. The quantitative estimate of drug-likeness (QED) is 0.653. The molecule has 0 aliphatic carbocycles. The number of carbonyl (C=O) groups excluding carboxylic acids is 1. The molecule has 0 aromatic heterocycles. The van der Waals surface area contributed by atoms with Crippen molar-refractivity contribution in [3.8, 4) is 0 Å². The van der Waals surface area contributed by atoms with Crippen molar-refractivity contribution in [1.29, 1.82) is 0 Å². The van der Waals surface area contributed by atoms with Gasteiger partial charge in [-0.2, -0.15) is 0 Å². The summed E-state index contributed by atoms with van der Waals surface area (Å²) in [6.07, 6.45) is 5.06. The Kier molecular flexibility index (Phi) is 8.70. The minimum Gasteiger partial charge on any atom is -0.478 e. The van der Waals surface area contributed by atoms with Gasteiger partial charge >= 0.3 is 11.9 Å². The highest BCUT2D eigenvalue weighted by molar-refractivity contribution is 5.92. The summed E-state index contributed by atoms with van der Waals surface area (Å²) in [7, 11) is 1.33. The molecular weight excluding hydrogens is 292 g/mol. The first-order chi connectivity index (χ1) is 10.8. The second-order valence-electron chi connectivity index (χ2n) is 4.66. The molecule has 0 amide bonds. The van der Waals surface area contributed by atoms with Gasteiger partial charge in [0.05, 0.1) is 7.11 Å². The van der Waals surface area contributed by atoms with Crippen molar-refractivity contribution in [2.45, 2.75) is 13.8 Å². The molecule has 0 bridgehead atoms. The Hall–Kier alpha value is -2.88. The molecule has 4 nitrogen and oxygen atoms in total. The summed E-state index contributed by atoms with van der Waals surface area (Å²) in [5.74, 6) is -1.26. The van der Waals surface area contributed by atoms with E-state index in [0.717, 1.165) is 16.7 Å². The largest absolute Gasteiger partial charge is 0.478 e. The van der Waals surface area contributed by atoms with Gasteiger partial charge in [0.15, 0.2) is 0 Å². The molecule has 1 rings (SSSR count). The van der Waals surface area contributed by atoms with Gasteiger partial charge in [0.2, 0.25) is 0 Å². The molecule has 23 heavy (non-hydrogen) atoms. The van der Waals surface area contributed by atoms with Crippen LogP contribution in [0.25, 0.3) is 18.2 Å². The molecule has 1 aromatic carbocycles. The molecule has 122 valence electrons. The van der Waals surface area contributed by atoms with Crippen molar-refractivity contribution in [3.63, 3.8) is 0 Å². The van der Waals surface area contributed by atoms with E-state index in [9.17, 15) is 9.59 Å². The first kappa shape index (κ1) is 20.1. The molecule has 0 saturated heterocycles. The highest BCUT2D eigenvalue weighted by Gasteiger charge is 2.04. The van der Waals surface area contributed by atoms with Crippen LogP contribution in [0, 0.1) is 0 Å². The van der Waals surface area contributed by atoms with Gasteiger partial charge in [0.25, 0.3) is 0 Å². The molecule has 1 N–H and O–H groups in total. The molecule has 4 heteroatoms. The van der Waals surface area contributed by atoms with Crippen molar-refractivity contribution in [3.05, 3.63) is 65.8 Å². The number of carboxylic acids is 1. The average Bonchev–Trinajstić information content (AvgIpc) is 2.53. The van der Waals surface area contributed by atoms with Crippen LogP contribution in [-0.2, 0) is 14.3 Å². The lowest BCUT2D eigenvalue weighted by Gasteiger charge is -2.05. The van der Waals surface area contributed by atoms with Crippen LogP contribution in [0.15, 0.2) is 49.1 Å². The predicted molar refractivity (Wildman–Crippen MR) is 94.7 cm³/mol. The van der Waals surface area contributed by atoms with E-state index in [1.165, 1.54) is 7.11 Å². The molecule has 0 aliphatic heterocycles. The van der Waals surface area contributed by atoms with Crippen LogP contribution in [0.3, 0.4) is 0 Å². The zero-order valence-electron chi connectivity index (χ0n) is 13.8. The smallest absolute Gasteiger partial charge is 0.332 e. The number of esters is 1. The number of methoxy groups -OCH3 is 1. The molecule has 0 aliphatic rings. The van der Waals surface area contributed by atoms with Crippen LogP contribution >= 0.6 is 0 Å². The molecule has 0 unspecified atom stereocenters. The van der Waals surface area contributed by atoms with E-state index in [2.05, 4.69) is 24.5 Å². The van der Waals surface area contributed by atoms with Crippen LogP contribution in [0.2, 0.25) is 0 Å². The standard InChI is InChI=1S/C14H14O2.C5H8O2/c1-4-11-7-6-8-12(13(11)5-2)9-10(3)14(15)16;1-4(2)5(6)7-3/h4-9H,1-2H2,3H3,(H,15,16);1H2,2-3H3. The second kappa shape index (κ2) is 9.95. The Bertz CT molecular complexity index is 651. The van der Waals surface area contributed by atoms with Crippen LogP contribution < -0.4 is 0 Å². The van der Waals surface area contributed by atoms with Gasteiger partial charge in [-0.1, -0.05) is 50.1 Å². The number of aliphatic carboxylic acids is 1. The summed E-state index contributed by atoms with van der Waals surface area (Å²) in [5.41, 5.74) is 3.42. The van der Waals surface area contributed by atoms with Gasteiger partial charge in [-0.3, -0.25) is 0 Å². The highest BCUT2D eigenvalue weighted by atomic mass is 16.5. The van der Waals surface area contributed by atoms with Crippen LogP contribution in [0.5, 0.6) is 0 Å². The molecule has 0 radical (unpaired) electrons. The Balaban J connectivity index is 0.000000585. The second-order valence-corrected chi connectivity index (χ2v) is 4.66. The first-order valence-electron chi connectivity index (χ1n) is 6.81. The minimum atomic E-state index is -0.918. The predicted octanol–water partition coefficient (Wildman–Crippen LogP) is 4.20. The van der Waals surface area contributed by atoms with Crippen molar-refractivity contribution in [1.82, 2.24) is 0 Å². The highest BCUT2D eigenvalue weighted by Crippen LogP contribution is 2.20. The molecule has 0 heterocycles. The molecule has 0 spiro atoms. The lowest BCUT2D eigenvalue weighted by molar-refractivity contribution is -0.136. The fourth-order valence-electron chi connectivity index (χ4n) is 1.61. The maximum atomic E-state index is 10.7. The third kappa shape index (κ3) is 6.61. The molecule has 0 fully saturated rings. The number of hydrogen-bond donors (Lipinski definition) is 1. The zero-order chi connectivity index (χ0) is 18.0. The van der Waals surface area contributed by atoms with Crippen LogP contribution in [0.1, 0.15) is 30.5 Å². The van der Waals surface area contributed by atoms with Gasteiger partial charge in [-0.15, -0.1) is 0 Å². The molecule has 0 saturated carbocycles. The molecule has 0 atom stereocenters. The van der Waals surface area contributed by atoms with Crippen molar-refractivity contribution in [2.75, 3.05) is 7.11 Å². The third-order valence-corrected chi connectivity index (χ3v) is 2.84. The SMILES string of the molecule is C=C(C)C(=O)OC.C=Cc1cccc(C=C(C)C(=O)O)c1C=C. The normalized spacial score (nSPS) is 9.96. The van der Waals surface area contributed by atoms with Gasteiger partial charge in [-0.25, -0.2) is 9.59 Å². The van der Waals surface area contributed by atoms with E-state index in [4.69, 9.17) is 5.11 Å². The zero-order valence-corrected chi connectivity index (χ0v) is 13.8. The van der Waals surface area contributed by atoms with Crippen LogP contribution in [-0.4, -0.2) is 24.2 Å². The van der Waals surface area contributed by atoms with Crippen molar-refractivity contribution in [2.24, 2.45) is 0 Å². The van der Waals surface area contributed by atoms with Crippen LogP contribution in [0.4, 0.5) is 0 Å². The lowest BCUT2D eigenvalue weighted by Crippen LogP contribution is -1.98. The van der Waals surface area contributed by atoms with Gasteiger partial charge in [-0.05, 0) is 36.6 Å². The number of carbonyl (C=O) groups is 2. The number of benzene rings is 1. The number of carboxylic acid groups (broad SMARTS) is 1. The first-order valence-corrected chi connectivity index (χ1v) is 6.81. The molecule has 1 aromatic rings. The average molecular weight is 314 g/mol. The summed E-state index contributed by atoms with van der Waals surface area (Å²) in [5, 5.41) is 8.82. The van der Waals surface area contributed by atoms with Crippen molar-refractivity contribution >= 4 is 30.2 Å². The fourth-order valence-corrected chi connectivity index (χ4v) is 1.61. The minimum absolute atomic E-state index is 0.296. The summed E-state index contributed by atoms with van der Waals surface area (Å²) in [6, 6.07) is 5.64. The number of ether oxygens (including phenoxy) is 1. The summed E-state index contributed by atoms with van der Waals surface area (Å²) in [6.45, 7) is 14.0.